The number of hydrogen-bond acceptors (Lipinski definition) is 2. The summed E-state index contributed by atoms with van der Waals surface area (Å²) in [6.07, 6.45) is 0. The highest BCUT2D eigenvalue weighted by Gasteiger charge is 2.13. The summed E-state index contributed by atoms with van der Waals surface area (Å²) < 4.78 is 14.4. The molecule has 0 spiro atoms. The van der Waals surface area contributed by atoms with Gasteiger partial charge in [-0.3, -0.25) is 4.79 Å². The predicted molar refractivity (Wildman–Crippen MR) is 112 cm³/mol. The zero-order valence-electron chi connectivity index (χ0n) is 14.0. The number of halogens is 2. The lowest BCUT2D eigenvalue weighted by Gasteiger charge is -2.12. The maximum Gasteiger partial charge on any atom is 0.251 e. The molecule has 0 saturated heterocycles. The molecular weight excluding hydrogens is 385 g/mol. The number of amides is 1. The van der Waals surface area contributed by atoms with Crippen LogP contribution in [0.15, 0.2) is 66.7 Å². The molecule has 0 heterocycles. The van der Waals surface area contributed by atoms with E-state index in [0.29, 0.717) is 21.3 Å². The fourth-order valence-corrected chi connectivity index (χ4v) is 2.96. The Morgan fingerprint density at radius 3 is 2.30 bits per heavy atom. The quantitative estimate of drug-likeness (QED) is 0.537. The molecule has 0 aliphatic heterocycles. The summed E-state index contributed by atoms with van der Waals surface area (Å²) in [5.74, 6) is -1.44. The normalized spacial score (nSPS) is 10.3. The average molecular weight is 400 g/mol. The molecule has 0 atom stereocenters. The van der Waals surface area contributed by atoms with Gasteiger partial charge in [-0.25, -0.2) is 4.39 Å². The molecule has 0 fully saturated rings. The molecule has 3 aromatic carbocycles. The summed E-state index contributed by atoms with van der Waals surface area (Å²) >= 11 is 11.2. The molecule has 0 aliphatic carbocycles. The van der Waals surface area contributed by atoms with Crippen LogP contribution in [-0.2, 0) is 0 Å². The van der Waals surface area contributed by atoms with Crippen molar-refractivity contribution in [3.8, 4) is 11.1 Å². The number of nitrogens with one attached hydrogen (secondary N) is 2. The molecule has 1 amide bonds. The lowest BCUT2D eigenvalue weighted by molar-refractivity contribution is 0.0996. The number of nitrogens with two attached hydrogens (primary N) is 1. The van der Waals surface area contributed by atoms with Crippen LogP contribution in [0, 0.1) is 5.82 Å². The third kappa shape index (κ3) is 4.61. The molecule has 0 unspecified atom stereocenters. The lowest BCUT2D eigenvalue weighted by Crippen LogP contribution is -2.18. The standard InChI is InChI=1S/C20H15ClFN3OS/c21-13-3-1-4-15(11-13)25-20(27)24-14-9-7-12(8-10-14)16-5-2-6-17(18(16)22)19(23)26/h1-11H,(H2,23,26)(H2,24,25,27). The number of primary amides is 1. The van der Waals surface area contributed by atoms with Crippen molar-refractivity contribution < 1.29 is 9.18 Å². The second-order valence-corrected chi connectivity index (χ2v) is 6.54. The van der Waals surface area contributed by atoms with Gasteiger partial charge in [0.25, 0.3) is 5.91 Å². The predicted octanol–water partition coefficient (Wildman–Crippen LogP) is 5.05. The van der Waals surface area contributed by atoms with Crippen molar-refractivity contribution in [2.45, 2.75) is 0 Å². The van der Waals surface area contributed by atoms with Crippen molar-refractivity contribution in [3.05, 3.63) is 83.1 Å². The number of carbonyl (C=O) groups is 1. The second-order valence-electron chi connectivity index (χ2n) is 5.70. The van der Waals surface area contributed by atoms with Gasteiger partial charge in [0.05, 0.1) is 5.56 Å². The first-order chi connectivity index (χ1) is 12.9. The van der Waals surface area contributed by atoms with Gasteiger partial charge in [-0.1, -0.05) is 41.9 Å². The molecule has 3 rings (SSSR count). The Kier molecular flexibility index (Phi) is 5.69. The van der Waals surface area contributed by atoms with Crippen molar-refractivity contribution in [3.63, 3.8) is 0 Å². The van der Waals surface area contributed by atoms with Crippen molar-refractivity contribution in [1.82, 2.24) is 0 Å². The second kappa shape index (κ2) is 8.16. The zero-order chi connectivity index (χ0) is 19.4. The van der Waals surface area contributed by atoms with Crippen molar-refractivity contribution in [2.24, 2.45) is 5.73 Å². The van der Waals surface area contributed by atoms with E-state index in [9.17, 15) is 9.18 Å². The molecule has 4 nitrogen and oxygen atoms in total. The Hall–Kier alpha value is -2.96. The first-order valence-corrected chi connectivity index (χ1v) is 8.75. The zero-order valence-corrected chi connectivity index (χ0v) is 15.6. The molecular formula is C20H15ClFN3OS. The van der Waals surface area contributed by atoms with Crippen LogP contribution >= 0.6 is 23.8 Å². The van der Waals surface area contributed by atoms with Gasteiger partial charge in [-0.15, -0.1) is 0 Å². The van der Waals surface area contributed by atoms with Crippen molar-refractivity contribution >= 4 is 46.2 Å². The van der Waals surface area contributed by atoms with Gasteiger partial charge in [0.15, 0.2) is 5.11 Å². The van der Waals surface area contributed by atoms with E-state index in [-0.39, 0.29) is 5.56 Å². The highest BCUT2D eigenvalue weighted by molar-refractivity contribution is 7.80. The molecule has 4 N–H and O–H groups in total. The van der Waals surface area contributed by atoms with Crippen LogP contribution < -0.4 is 16.4 Å². The van der Waals surface area contributed by atoms with Crippen LogP contribution in [0.1, 0.15) is 10.4 Å². The van der Waals surface area contributed by atoms with Crippen molar-refractivity contribution in [2.75, 3.05) is 10.6 Å². The highest BCUT2D eigenvalue weighted by Crippen LogP contribution is 2.26. The van der Waals surface area contributed by atoms with E-state index < -0.39 is 11.7 Å². The van der Waals surface area contributed by atoms with Crippen LogP contribution in [0.25, 0.3) is 11.1 Å². The minimum absolute atomic E-state index is 0.137. The van der Waals surface area contributed by atoms with Crippen LogP contribution in [-0.4, -0.2) is 11.0 Å². The van der Waals surface area contributed by atoms with Gasteiger partial charge in [0.2, 0.25) is 0 Å². The molecule has 7 heteroatoms. The van der Waals surface area contributed by atoms with Crippen LogP contribution in [0.4, 0.5) is 15.8 Å². The van der Waals surface area contributed by atoms with Crippen molar-refractivity contribution in [1.29, 1.82) is 0 Å². The molecule has 3 aromatic rings. The third-order valence-corrected chi connectivity index (χ3v) is 4.24. The van der Waals surface area contributed by atoms with E-state index in [1.807, 2.05) is 12.1 Å². The number of rotatable bonds is 4. The number of anilines is 2. The van der Waals surface area contributed by atoms with Gasteiger partial charge in [0, 0.05) is 22.0 Å². The molecule has 136 valence electrons. The Labute approximate surface area is 166 Å². The molecule has 0 bridgehead atoms. The van der Waals surface area contributed by atoms with Gasteiger partial charge >= 0.3 is 0 Å². The summed E-state index contributed by atoms with van der Waals surface area (Å²) in [6, 6.07) is 18.7. The molecule has 0 aliphatic rings. The first kappa shape index (κ1) is 18.8. The maximum absolute atomic E-state index is 14.4. The lowest BCUT2D eigenvalue weighted by atomic mass is 10.0. The Balaban J connectivity index is 1.73. The van der Waals surface area contributed by atoms with Gasteiger partial charge in [0.1, 0.15) is 5.82 Å². The third-order valence-electron chi connectivity index (χ3n) is 3.80. The molecule has 0 aromatic heterocycles. The van der Waals surface area contributed by atoms with Gasteiger partial charge in [-0.2, -0.15) is 0 Å². The summed E-state index contributed by atoms with van der Waals surface area (Å²) in [5, 5.41) is 7.07. The van der Waals surface area contributed by atoms with Crippen LogP contribution in [0.5, 0.6) is 0 Å². The Morgan fingerprint density at radius 1 is 0.963 bits per heavy atom. The molecule has 0 saturated carbocycles. The topological polar surface area (TPSA) is 67.2 Å². The number of carbonyl (C=O) groups excluding carboxylic acids is 1. The van der Waals surface area contributed by atoms with E-state index in [2.05, 4.69) is 10.6 Å². The number of benzene rings is 3. The monoisotopic (exact) mass is 399 g/mol. The fourth-order valence-electron chi connectivity index (χ4n) is 2.54. The number of hydrogen-bond donors (Lipinski definition) is 3. The van der Waals surface area contributed by atoms with Crippen LogP contribution in [0.3, 0.4) is 0 Å². The summed E-state index contributed by atoms with van der Waals surface area (Å²) in [5.41, 5.74) is 7.47. The first-order valence-electron chi connectivity index (χ1n) is 7.96. The highest BCUT2D eigenvalue weighted by atomic mass is 35.5. The van der Waals surface area contributed by atoms with E-state index in [0.717, 1.165) is 11.4 Å². The summed E-state index contributed by atoms with van der Waals surface area (Å²) in [7, 11) is 0. The van der Waals surface area contributed by atoms with Gasteiger partial charge < -0.3 is 16.4 Å². The molecule has 27 heavy (non-hydrogen) atoms. The Bertz CT molecular complexity index is 1010. The minimum atomic E-state index is -0.801. The maximum atomic E-state index is 14.4. The van der Waals surface area contributed by atoms with E-state index in [1.165, 1.54) is 6.07 Å². The van der Waals surface area contributed by atoms with E-state index >= 15 is 0 Å². The molecule has 0 radical (unpaired) electrons. The summed E-state index contributed by atoms with van der Waals surface area (Å²) in [6.45, 7) is 0. The number of thiocarbonyl (C=S) groups is 1. The van der Waals surface area contributed by atoms with Gasteiger partial charge in [-0.05, 0) is 54.2 Å². The minimum Gasteiger partial charge on any atom is -0.366 e. The smallest absolute Gasteiger partial charge is 0.251 e. The van der Waals surface area contributed by atoms with Crippen LogP contribution in [0.2, 0.25) is 5.02 Å². The average Bonchev–Trinajstić information content (AvgIpc) is 2.62. The fraction of sp³-hybridized carbons (Fsp3) is 0. The van der Waals surface area contributed by atoms with E-state index in [1.54, 1.807) is 48.5 Å². The largest absolute Gasteiger partial charge is 0.366 e. The SMILES string of the molecule is NC(=O)c1cccc(-c2ccc(NC(=S)Nc3cccc(Cl)c3)cc2)c1F. The Morgan fingerprint density at radius 2 is 1.63 bits per heavy atom. The summed E-state index contributed by atoms with van der Waals surface area (Å²) in [4.78, 5) is 11.3. The van der Waals surface area contributed by atoms with E-state index in [4.69, 9.17) is 29.6 Å².